The molecule has 2 N–H and O–H groups in total. The molecular formula is C25H20F3N5O3. The van der Waals surface area contributed by atoms with Crippen LogP contribution in [0.5, 0.6) is 0 Å². The van der Waals surface area contributed by atoms with Crippen LogP contribution in [0.3, 0.4) is 0 Å². The van der Waals surface area contributed by atoms with E-state index in [4.69, 9.17) is 0 Å². The second-order valence-corrected chi connectivity index (χ2v) is 8.52. The second kappa shape index (κ2) is 8.67. The molecular weight excluding hydrogens is 475 g/mol. The summed E-state index contributed by atoms with van der Waals surface area (Å²) in [5, 5.41) is 12.3. The van der Waals surface area contributed by atoms with Crippen LogP contribution in [-0.2, 0) is 19.3 Å². The number of aromatic nitrogens is 3. The van der Waals surface area contributed by atoms with Crippen LogP contribution < -0.4 is 15.8 Å². The van der Waals surface area contributed by atoms with Crippen LogP contribution in [0.4, 0.5) is 24.7 Å². The zero-order chi connectivity index (χ0) is 25.6. The molecule has 1 aromatic carbocycles. The maximum atomic E-state index is 13.7. The predicted molar refractivity (Wildman–Crippen MR) is 126 cm³/mol. The maximum absolute atomic E-state index is 13.7. The molecule has 8 nitrogen and oxygen atoms in total. The monoisotopic (exact) mass is 495 g/mol. The van der Waals surface area contributed by atoms with Gasteiger partial charge in [-0.2, -0.15) is 13.2 Å². The molecule has 4 heterocycles. The van der Waals surface area contributed by atoms with Crippen LogP contribution in [0.2, 0.25) is 0 Å². The number of hydrogen-bond donors (Lipinski definition) is 2. The van der Waals surface area contributed by atoms with E-state index in [0.29, 0.717) is 18.9 Å². The van der Waals surface area contributed by atoms with Crippen LogP contribution >= 0.6 is 0 Å². The van der Waals surface area contributed by atoms with Crippen molar-refractivity contribution in [2.24, 2.45) is 0 Å². The van der Waals surface area contributed by atoms with E-state index < -0.39 is 29.3 Å². The van der Waals surface area contributed by atoms with E-state index in [1.54, 1.807) is 6.92 Å². The number of fused-ring (bicyclic) bond motifs is 2. The Hall–Kier alpha value is -4.41. The smallest absolute Gasteiger partial charge is 0.417 e. The lowest BCUT2D eigenvalue weighted by atomic mass is 10.1. The molecule has 1 atom stereocenters. The van der Waals surface area contributed by atoms with Gasteiger partial charge < -0.3 is 15.3 Å². The first kappa shape index (κ1) is 23.3. The zero-order valence-electron chi connectivity index (χ0n) is 19.0. The predicted octanol–water partition coefficient (Wildman–Crippen LogP) is 4.50. The number of benzene rings is 1. The van der Waals surface area contributed by atoms with Gasteiger partial charge in [0.15, 0.2) is 5.69 Å². The minimum absolute atomic E-state index is 0.0437. The van der Waals surface area contributed by atoms with Gasteiger partial charge in [0, 0.05) is 37.1 Å². The lowest BCUT2D eigenvalue weighted by Gasteiger charge is -2.22. The van der Waals surface area contributed by atoms with Crippen molar-refractivity contribution in [3.8, 4) is 0 Å². The fourth-order valence-corrected chi connectivity index (χ4v) is 4.35. The fraction of sp³-hybridized carbons (Fsp3) is 0.200. The van der Waals surface area contributed by atoms with E-state index in [9.17, 15) is 27.9 Å². The third-order valence-corrected chi connectivity index (χ3v) is 6.12. The molecule has 1 aliphatic rings. The van der Waals surface area contributed by atoms with Gasteiger partial charge in [0.2, 0.25) is 0 Å². The number of hydrogen-bond acceptors (Lipinski definition) is 6. The van der Waals surface area contributed by atoms with Crippen LogP contribution in [0.1, 0.15) is 45.7 Å². The van der Waals surface area contributed by atoms with Gasteiger partial charge in [-0.15, -0.1) is 0 Å². The van der Waals surface area contributed by atoms with Crippen molar-refractivity contribution in [2.45, 2.75) is 32.2 Å². The Kier molecular flexibility index (Phi) is 5.62. The van der Waals surface area contributed by atoms with Crippen LogP contribution in [0.25, 0.3) is 5.65 Å². The maximum Gasteiger partial charge on any atom is 0.417 e. The molecule has 0 saturated heterocycles. The third-order valence-electron chi connectivity index (χ3n) is 6.12. The number of rotatable bonds is 5. The molecule has 5 rings (SSSR count). The zero-order valence-corrected chi connectivity index (χ0v) is 19.0. The molecule has 36 heavy (non-hydrogen) atoms. The van der Waals surface area contributed by atoms with Crippen LogP contribution in [-0.4, -0.2) is 25.4 Å². The average Bonchev–Trinajstić information content (AvgIpc) is 3.27. The van der Waals surface area contributed by atoms with E-state index >= 15 is 0 Å². The van der Waals surface area contributed by atoms with Gasteiger partial charge in [0.05, 0.1) is 17.3 Å². The number of halogens is 3. The Bertz CT molecular complexity index is 1530. The first-order chi connectivity index (χ1) is 17.1. The number of alkyl halides is 3. The third kappa shape index (κ3) is 4.23. The van der Waals surface area contributed by atoms with E-state index in [0.717, 1.165) is 27.8 Å². The molecule has 3 aromatic heterocycles. The summed E-state index contributed by atoms with van der Waals surface area (Å²) in [4.78, 5) is 34.9. The molecule has 0 amide bonds. The van der Waals surface area contributed by atoms with Gasteiger partial charge in [-0.25, -0.2) is 14.8 Å². The number of carbonyl (C=O) groups is 1. The van der Waals surface area contributed by atoms with Crippen molar-refractivity contribution >= 4 is 23.1 Å². The largest absolute Gasteiger partial charge is 0.476 e. The average molecular weight is 495 g/mol. The molecule has 0 radical (unpaired) electrons. The number of pyridine rings is 2. The van der Waals surface area contributed by atoms with Crippen molar-refractivity contribution in [3.63, 3.8) is 0 Å². The molecule has 1 aliphatic heterocycles. The molecule has 11 heteroatoms. The van der Waals surface area contributed by atoms with Crippen molar-refractivity contribution in [1.82, 2.24) is 14.4 Å². The Balaban J connectivity index is 1.63. The van der Waals surface area contributed by atoms with Crippen molar-refractivity contribution in [2.75, 3.05) is 10.2 Å². The summed E-state index contributed by atoms with van der Waals surface area (Å²) in [5.74, 6) is -0.943. The highest BCUT2D eigenvalue weighted by atomic mass is 19.4. The van der Waals surface area contributed by atoms with E-state index in [1.807, 2.05) is 29.2 Å². The topological polar surface area (TPSA) is 99.8 Å². The van der Waals surface area contributed by atoms with Crippen LogP contribution in [0, 0.1) is 0 Å². The molecule has 0 aliphatic carbocycles. The normalized spacial score (nSPS) is 14.1. The lowest BCUT2D eigenvalue weighted by Crippen LogP contribution is -2.24. The molecule has 0 fully saturated rings. The minimum Gasteiger partial charge on any atom is -0.476 e. The standard InChI is InChI=1S/C25H20F3N5O3/c1-14(30-19-7-4-8-29-22(19)24(35)36)18-9-17(25(26,27)28)13-33-21(34)10-20(31-23(18)33)32-11-15-5-2-3-6-16(15)12-32/h2-10,13-14,30H,11-12H2,1H3,(H,35,36)/t14-/m1/s1. The summed E-state index contributed by atoms with van der Waals surface area (Å²) in [6.07, 6.45) is -2.67. The molecule has 0 saturated carbocycles. The Labute approximate surface area is 202 Å². The number of carboxylic acid groups (broad SMARTS) is 1. The summed E-state index contributed by atoms with van der Waals surface area (Å²) >= 11 is 0. The van der Waals surface area contributed by atoms with Gasteiger partial charge in [0.1, 0.15) is 11.5 Å². The Morgan fingerprint density at radius 2 is 1.81 bits per heavy atom. The number of anilines is 2. The minimum atomic E-state index is -4.71. The summed E-state index contributed by atoms with van der Waals surface area (Å²) in [5.41, 5.74) is 0.470. The van der Waals surface area contributed by atoms with Crippen LogP contribution in [0.15, 0.2) is 65.7 Å². The Morgan fingerprint density at radius 1 is 1.11 bits per heavy atom. The number of nitrogens with zero attached hydrogens (tertiary/aromatic N) is 4. The first-order valence-electron chi connectivity index (χ1n) is 11.0. The molecule has 184 valence electrons. The van der Waals surface area contributed by atoms with Gasteiger partial charge in [0.25, 0.3) is 5.56 Å². The van der Waals surface area contributed by atoms with Crippen molar-refractivity contribution < 1.29 is 23.1 Å². The van der Waals surface area contributed by atoms with Crippen molar-refractivity contribution in [3.05, 3.63) is 99.2 Å². The number of nitrogens with one attached hydrogen (secondary N) is 1. The number of aromatic carboxylic acids is 1. The fourth-order valence-electron chi connectivity index (χ4n) is 4.35. The highest BCUT2D eigenvalue weighted by Gasteiger charge is 2.33. The summed E-state index contributed by atoms with van der Waals surface area (Å²) in [6, 6.07) is 12.1. The van der Waals surface area contributed by atoms with Gasteiger partial charge in [-0.05, 0) is 36.2 Å². The van der Waals surface area contributed by atoms with E-state index in [2.05, 4.69) is 15.3 Å². The summed E-state index contributed by atoms with van der Waals surface area (Å²) < 4.78 is 42.0. The quantitative estimate of drug-likeness (QED) is 0.421. The lowest BCUT2D eigenvalue weighted by molar-refractivity contribution is -0.137. The molecule has 0 unspecified atom stereocenters. The van der Waals surface area contributed by atoms with E-state index in [-0.39, 0.29) is 22.6 Å². The first-order valence-corrected chi connectivity index (χ1v) is 11.0. The molecule has 4 aromatic rings. The van der Waals surface area contributed by atoms with Gasteiger partial charge in [-0.1, -0.05) is 24.3 Å². The summed E-state index contributed by atoms with van der Waals surface area (Å²) in [7, 11) is 0. The SMILES string of the molecule is C[C@@H](Nc1cccnc1C(=O)O)c1cc(C(F)(F)F)cn2c(=O)cc(N3Cc4ccccc4C3)nc12. The van der Waals surface area contributed by atoms with E-state index in [1.165, 1.54) is 24.4 Å². The Morgan fingerprint density at radius 3 is 2.44 bits per heavy atom. The number of carboxylic acids is 1. The van der Waals surface area contributed by atoms with Gasteiger partial charge >= 0.3 is 12.1 Å². The second-order valence-electron chi connectivity index (χ2n) is 8.52. The summed E-state index contributed by atoms with van der Waals surface area (Å²) in [6.45, 7) is 2.60. The molecule has 0 spiro atoms. The highest BCUT2D eigenvalue weighted by Crippen LogP contribution is 2.34. The molecule has 0 bridgehead atoms. The van der Waals surface area contributed by atoms with Gasteiger partial charge in [-0.3, -0.25) is 9.20 Å². The highest BCUT2D eigenvalue weighted by molar-refractivity contribution is 5.91. The van der Waals surface area contributed by atoms with Crippen molar-refractivity contribution in [1.29, 1.82) is 0 Å².